The number of hydrogen-bond acceptors (Lipinski definition) is 11. The maximum absolute atomic E-state index is 12.5. The SMILES string of the molecule is C[C@@](CO)(C[C@@H](Cc1ccc(-c2ccccc2)cc1)NC(=O)c1cc(=O)[nH]o1)C(=O)O.C[C@@](CO)(C[C@H](N)Cc1ccc(-c2ccccc2)cc1)C(=O)O.O=C(O)c1cc(=O)[nH]o1. The average Bonchev–Trinajstić information content (AvgIpc) is 3.93. The van der Waals surface area contributed by atoms with E-state index in [2.05, 4.69) is 22.0 Å². The number of aliphatic hydroxyl groups is 2. The van der Waals surface area contributed by atoms with Gasteiger partial charge in [0.1, 0.15) is 0 Å². The number of nitrogens with two attached hydrogens (primary N) is 1. The van der Waals surface area contributed by atoms with Crippen LogP contribution in [0, 0.1) is 10.8 Å². The predicted octanol–water partition coefficient (Wildman–Crippen LogP) is 4.81. The molecule has 1 amide bonds. The van der Waals surface area contributed by atoms with E-state index in [4.69, 9.17) is 15.4 Å². The van der Waals surface area contributed by atoms with Gasteiger partial charge >= 0.3 is 17.9 Å². The van der Waals surface area contributed by atoms with Gasteiger partial charge < -0.3 is 45.6 Å². The fourth-order valence-corrected chi connectivity index (χ4v) is 6.36. The maximum Gasteiger partial charge on any atom is 0.374 e. The van der Waals surface area contributed by atoms with Crippen molar-refractivity contribution in [3.63, 3.8) is 0 Å². The van der Waals surface area contributed by atoms with E-state index in [1.54, 1.807) is 0 Å². The molecule has 0 saturated carbocycles. The molecule has 6 rings (SSSR count). The molecule has 63 heavy (non-hydrogen) atoms. The van der Waals surface area contributed by atoms with Gasteiger partial charge in [-0.15, -0.1) is 0 Å². The number of carboxylic acid groups (broad SMARTS) is 3. The molecule has 0 spiro atoms. The number of benzene rings is 4. The smallest absolute Gasteiger partial charge is 0.374 e. The summed E-state index contributed by atoms with van der Waals surface area (Å²) >= 11 is 0. The number of nitrogens with one attached hydrogen (secondary N) is 3. The highest BCUT2D eigenvalue weighted by molar-refractivity contribution is 5.91. The largest absolute Gasteiger partial charge is 0.481 e. The number of hydrogen-bond donors (Lipinski definition) is 9. The van der Waals surface area contributed by atoms with Crippen LogP contribution in [0.25, 0.3) is 22.3 Å². The Morgan fingerprint density at radius 3 is 1.37 bits per heavy atom. The number of aliphatic hydroxyl groups excluding tert-OH is 2. The zero-order valence-electron chi connectivity index (χ0n) is 34.5. The van der Waals surface area contributed by atoms with Crippen molar-refractivity contribution >= 4 is 23.8 Å². The third-order valence-electron chi connectivity index (χ3n) is 10.1. The van der Waals surface area contributed by atoms with Crippen LogP contribution in [0.5, 0.6) is 0 Å². The van der Waals surface area contributed by atoms with Crippen LogP contribution in [-0.4, -0.2) is 85.0 Å². The lowest BCUT2D eigenvalue weighted by molar-refractivity contribution is -0.152. The molecule has 0 fully saturated rings. The van der Waals surface area contributed by atoms with Crippen LogP contribution in [0.4, 0.5) is 0 Å². The van der Waals surface area contributed by atoms with Crippen molar-refractivity contribution in [3.8, 4) is 22.3 Å². The number of aromatic amines is 2. The second kappa shape index (κ2) is 22.5. The van der Waals surface area contributed by atoms with Crippen molar-refractivity contribution in [2.45, 2.75) is 51.6 Å². The summed E-state index contributed by atoms with van der Waals surface area (Å²) in [6.07, 6.45) is 1.13. The van der Waals surface area contributed by atoms with Crippen LogP contribution in [0.3, 0.4) is 0 Å². The summed E-state index contributed by atoms with van der Waals surface area (Å²) in [5, 5.41) is 52.4. The Morgan fingerprint density at radius 1 is 0.603 bits per heavy atom. The predicted molar refractivity (Wildman–Crippen MR) is 231 cm³/mol. The summed E-state index contributed by atoms with van der Waals surface area (Å²) in [5.41, 5.74) is 8.67. The van der Waals surface area contributed by atoms with Gasteiger partial charge in [-0.3, -0.25) is 24.0 Å². The first-order chi connectivity index (χ1) is 29.9. The molecule has 0 aliphatic rings. The Morgan fingerprint density at radius 2 is 1.00 bits per heavy atom. The number of carbonyl (C=O) groups excluding carboxylic acids is 1. The van der Waals surface area contributed by atoms with Gasteiger partial charge in [-0.1, -0.05) is 109 Å². The number of aromatic nitrogens is 2. The molecule has 0 aliphatic heterocycles. The lowest BCUT2D eigenvalue weighted by Gasteiger charge is -2.28. The van der Waals surface area contributed by atoms with Crippen molar-refractivity contribution in [1.82, 2.24) is 15.6 Å². The Kier molecular flexibility index (Phi) is 17.3. The Balaban J connectivity index is 0.000000237. The molecule has 0 bridgehead atoms. The Bertz CT molecular complexity index is 2510. The van der Waals surface area contributed by atoms with Crippen molar-refractivity contribution in [2.75, 3.05) is 13.2 Å². The van der Waals surface area contributed by atoms with Gasteiger partial charge in [0.15, 0.2) is 0 Å². The van der Waals surface area contributed by atoms with Crippen molar-refractivity contribution in [1.29, 1.82) is 0 Å². The first-order valence-electron chi connectivity index (χ1n) is 19.6. The average molecular weight is 867 g/mol. The summed E-state index contributed by atoms with van der Waals surface area (Å²) < 4.78 is 9.02. The molecule has 17 heteroatoms. The van der Waals surface area contributed by atoms with Crippen LogP contribution >= 0.6 is 0 Å². The summed E-state index contributed by atoms with van der Waals surface area (Å²) in [4.78, 5) is 66.7. The lowest BCUT2D eigenvalue weighted by atomic mass is 9.82. The normalized spacial score (nSPS) is 13.6. The fraction of sp³-hybridized carbons (Fsp3) is 0.261. The molecule has 0 aliphatic carbocycles. The topological polar surface area (TPSA) is 299 Å². The molecule has 2 heterocycles. The number of aliphatic carboxylic acids is 2. The first kappa shape index (κ1) is 48.3. The van der Waals surface area contributed by atoms with E-state index in [1.807, 2.05) is 107 Å². The minimum absolute atomic E-state index is 0.0142. The second-order valence-electron chi connectivity index (χ2n) is 15.4. The van der Waals surface area contributed by atoms with Gasteiger partial charge in [0, 0.05) is 12.1 Å². The van der Waals surface area contributed by atoms with Crippen LogP contribution in [-0.2, 0) is 22.4 Å². The number of aromatic carboxylic acids is 1. The Labute approximate surface area is 360 Å². The van der Waals surface area contributed by atoms with Crippen LogP contribution < -0.4 is 22.2 Å². The van der Waals surface area contributed by atoms with E-state index >= 15 is 0 Å². The van der Waals surface area contributed by atoms with Crippen LogP contribution in [0.2, 0.25) is 0 Å². The fourth-order valence-electron chi connectivity index (χ4n) is 6.36. The van der Waals surface area contributed by atoms with E-state index in [0.717, 1.165) is 45.5 Å². The van der Waals surface area contributed by atoms with Crippen LogP contribution in [0.15, 0.2) is 140 Å². The quantitative estimate of drug-likeness (QED) is 0.0595. The molecule has 4 atom stereocenters. The van der Waals surface area contributed by atoms with E-state index in [0.29, 0.717) is 12.8 Å². The molecular formula is C46H50N4O13. The molecular weight excluding hydrogens is 817 g/mol. The second-order valence-corrected chi connectivity index (χ2v) is 15.4. The van der Waals surface area contributed by atoms with Gasteiger partial charge in [-0.05, 0) is 72.9 Å². The number of amides is 1. The monoisotopic (exact) mass is 866 g/mol. The van der Waals surface area contributed by atoms with E-state index in [1.165, 1.54) is 13.8 Å². The Hall–Kier alpha value is -7.34. The van der Waals surface area contributed by atoms with Gasteiger partial charge in [0.2, 0.25) is 11.5 Å². The summed E-state index contributed by atoms with van der Waals surface area (Å²) in [7, 11) is 0. The summed E-state index contributed by atoms with van der Waals surface area (Å²) in [5.74, 6) is -4.66. The highest BCUT2D eigenvalue weighted by Gasteiger charge is 2.36. The van der Waals surface area contributed by atoms with Crippen molar-refractivity contribution < 1.29 is 53.8 Å². The van der Waals surface area contributed by atoms with Crippen molar-refractivity contribution in [3.05, 3.63) is 165 Å². The minimum Gasteiger partial charge on any atom is -0.481 e. The molecule has 0 radical (unpaired) electrons. The molecule has 4 aromatic carbocycles. The van der Waals surface area contributed by atoms with E-state index < -0.39 is 65.0 Å². The third kappa shape index (κ3) is 14.4. The van der Waals surface area contributed by atoms with E-state index in [-0.39, 0.29) is 30.4 Å². The maximum atomic E-state index is 12.5. The van der Waals surface area contributed by atoms with Gasteiger partial charge in [0.25, 0.3) is 17.0 Å². The molecule has 0 unspecified atom stereocenters. The van der Waals surface area contributed by atoms with Crippen molar-refractivity contribution in [2.24, 2.45) is 16.6 Å². The number of carbonyl (C=O) groups is 4. The van der Waals surface area contributed by atoms with Gasteiger partial charge in [-0.25, -0.2) is 4.79 Å². The van der Waals surface area contributed by atoms with Gasteiger partial charge in [-0.2, -0.15) is 10.3 Å². The number of H-pyrrole nitrogens is 2. The minimum atomic E-state index is -1.44. The molecule has 10 N–H and O–H groups in total. The standard InChI is InChI=1S/C23H24N2O6.C19H23NO3.C4H3NO4/c1-23(14-26,22(29)30)13-18(24-21(28)19-12-20(27)25-31-19)11-15-7-9-17(10-8-15)16-5-3-2-4-6-16;1-19(13-21,18(22)23)12-17(20)11-14-7-9-16(10-8-14)15-5-3-2-4-6-15;6-3-1-2(4(7)8)9-5-3/h2-10,12,18,26H,11,13-14H2,1H3,(H,24,28)(H,25,27)(H,29,30);2-10,17,21H,11-13,20H2,1H3,(H,22,23);1H,(H,5,6)(H,7,8)/t18-,23+;17-,19+;/m11./s1. The van der Waals surface area contributed by atoms with Gasteiger partial charge in [0.05, 0.1) is 36.2 Å². The molecule has 17 nitrogen and oxygen atoms in total. The highest BCUT2D eigenvalue weighted by Crippen LogP contribution is 2.27. The summed E-state index contributed by atoms with van der Waals surface area (Å²) in [6, 6.07) is 36.7. The third-order valence-corrected chi connectivity index (χ3v) is 10.1. The molecule has 0 saturated heterocycles. The molecule has 332 valence electrons. The number of rotatable bonds is 17. The summed E-state index contributed by atoms with van der Waals surface area (Å²) in [6.45, 7) is 1.95. The number of carboxylic acids is 3. The lowest BCUT2D eigenvalue weighted by Crippen LogP contribution is -2.44. The molecule has 2 aromatic heterocycles. The van der Waals surface area contributed by atoms with Crippen LogP contribution in [0.1, 0.15) is 58.9 Å². The highest BCUT2D eigenvalue weighted by atomic mass is 16.5. The molecule has 6 aromatic rings. The van der Waals surface area contributed by atoms with E-state index in [9.17, 15) is 49.2 Å². The first-order valence-corrected chi connectivity index (χ1v) is 19.6. The zero-order valence-corrected chi connectivity index (χ0v) is 34.5. The zero-order chi connectivity index (χ0) is 46.2.